The Labute approximate surface area is 165 Å². The highest BCUT2D eigenvalue weighted by atomic mass is 32.1. The molecule has 0 spiro atoms. The molecule has 0 unspecified atom stereocenters. The number of hydrogen-bond donors (Lipinski definition) is 0. The standard InChI is InChI=1S/C18H21F3N4O2S/c1-23(17-22-6-11-28-17)16(26)13-25-9-7-24(8-10-25)12-14-2-4-15(5-3-14)27-18(19,20)21/h2-6,11H,7-10,12-13H2,1H3. The van der Waals surface area contributed by atoms with Crippen LogP contribution in [0, 0.1) is 0 Å². The van der Waals surface area contributed by atoms with E-state index in [-0.39, 0.29) is 11.7 Å². The zero-order valence-electron chi connectivity index (χ0n) is 15.4. The normalized spacial score (nSPS) is 16.1. The van der Waals surface area contributed by atoms with Crippen molar-refractivity contribution in [2.45, 2.75) is 12.9 Å². The molecule has 2 aromatic rings. The number of aromatic nitrogens is 1. The Kier molecular flexibility index (Phi) is 6.53. The van der Waals surface area contributed by atoms with Gasteiger partial charge in [-0.3, -0.25) is 19.5 Å². The monoisotopic (exact) mass is 414 g/mol. The van der Waals surface area contributed by atoms with Crippen molar-refractivity contribution in [3.8, 4) is 5.75 Å². The summed E-state index contributed by atoms with van der Waals surface area (Å²) in [6.45, 7) is 4.07. The van der Waals surface area contributed by atoms with Crippen LogP contribution in [0.4, 0.5) is 18.3 Å². The van der Waals surface area contributed by atoms with Crippen molar-refractivity contribution in [2.75, 3.05) is 44.7 Å². The number of thiazole rings is 1. The second-order valence-electron chi connectivity index (χ2n) is 6.51. The lowest BCUT2D eigenvalue weighted by atomic mass is 10.2. The second-order valence-corrected chi connectivity index (χ2v) is 7.38. The Balaban J connectivity index is 1.43. The molecule has 1 fully saturated rings. The fourth-order valence-electron chi connectivity index (χ4n) is 2.95. The number of benzene rings is 1. The zero-order chi connectivity index (χ0) is 20.1. The van der Waals surface area contributed by atoms with E-state index in [0.29, 0.717) is 18.2 Å². The van der Waals surface area contributed by atoms with E-state index in [1.165, 1.54) is 23.5 Å². The largest absolute Gasteiger partial charge is 0.573 e. The zero-order valence-corrected chi connectivity index (χ0v) is 16.2. The molecule has 1 saturated heterocycles. The van der Waals surface area contributed by atoms with E-state index in [0.717, 1.165) is 31.7 Å². The van der Waals surface area contributed by atoms with Gasteiger partial charge in [-0.25, -0.2) is 4.98 Å². The minimum atomic E-state index is -4.68. The summed E-state index contributed by atoms with van der Waals surface area (Å²) in [5.74, 6) is -0.215. The molecule has 10 heteroatoms. The molecule has 1 aromatic heterocycles. The second kappa shape index (κ2) is 8.89. The van der Waals surface area contributed by atoms with E-state index in [1.807, 2.05) is 5.38 Å². The van der Waals surface area contributed by atoms with Crippen molar-refractivity contribution in [3.63, 3.8) is 0 Å². The predicted molar refractivity (Wildman–Crippen MR) is 100 cm³/mol. The molecule has 0 radical (unpaired) electrons. The molecule has 1 amide bonds. The summed E-state index contributed by atoms with van der Waals surface area (Å²) in [5, 5.41) is 2.52. The number of carbonyl (C=O) groups is 1. The molecule has 0 aliphatic carbocycles. The van der Waals surface area contributed by atoms with Crippen LogP contribution in [0.15, 0.2) is 35.8 Å². The fourth-order valence-corrected chi connectivity index (χ4v) is 3.57. The Bertz CT molecular complexity index is 760. The molecule has 1 aliphatic rings. The van der Waals surface area contributed by atoms with Crippen molar-refractivity contribution >= 4 is 22.4 Å². The van der Waals surface area contributed by atoms with Gasteiger partial charge in [-0.2, -0.15) is 0 Å². The first-order valence-electron chi connectivity index (χ1n) is 8.75. The van der Waals surface area contributed by atoms with Gasteiger partial charge in [-0.05, 0) is 17.7 Å². The molecule has 2 heterocycles. The van der Waals surface area contributed by atoms with Crippen LogP contribution in [0.1, 0.15) is 5.56 Å². The number of amides is 1. The summed E-state index contributed by atoms with van der Waals surface area (Å²) in [6, 6.07) is 5.93. The lowest BCUT2D eigenvalue weighted by Crippen LogP contribution is -2.49. The van der Waals surface area contributed by atoms with Gasteiger partial charge < -0.3 is 4.74 Å². The van der Waals surface area contributed by atoms with Crippen molar-refractivity contribution in [1.29, 1.82) is 0 Å². The Hall–Kier alpha value is -2.17. The van der Waals surface area contributed by atoms with E-state index in [2.05, 4.69) is 19.5 Å². The van der Waals surface area contributed by atoms with Crippen molar-refractivity contribution < 1.29 is 22.7 Å². The molecule has 0 bridgehead atoms. The summed E-state index contributed by atoms with van der Waals surface area (Å²) in [6.07, 6.45) is -3.01. The van der Waals surface area contributed by atoms with Gasteiger partial charge in [0, 0.05) is 51.3 Å². The van der Waals surface area contributed by atoms with Crippen molar-refractivity contribution in [2.24, 2.45) is 0 Å². The van der Waals surface area contributed by atoms with E-state index in [4.69, 9.17) is 0 Å². The maximum atomic E-state index is 12.4. The number of carbonyl (C=O) groups excluding carboxylic acids is 1. The van der Waals surface area contributed by atoms with Gasteiger partial charge in [0.1, 0.15) is 5.75 Å². The minimum absolute atomic E-state index is 0.00338. The third-order valence-electron chi connectivity index (χ3n) is 4.47. The third-order valence-corrected chi connectivity index (χ3v) is 5.32. The van der Waals surface area contributed by atoms with E-state index >= 15 is 0 Å². The fraction of sp³-hybridized carbons (Fsp3) is 0.444. The van der Waals surface area contributed by atoms with Gasteiger partial charge >= 0.3 is 6.36 Å². The van der Waals surface area contributed by atoms with Crippen LogP contribution in [0.25, 0.3) is 0 Å². The first-order valence-corrected chi connectivity index (χ1v) is 9.63. The number of anilines is 1. The Morgan fingerprint density at radius 3 is 2.39 bits per heavy atom. The molecule has 0 atom stereocenters. The highest BCUT2D eigenvalue weighted by Gasteiger charge is 2.31. The molecule has 0 N–H and O–H groups in total. The first kappa shape index (κ1) is 20.6. The number of halogens is 3. The van der Waals surface area contributed by atoms with Crippen LogP contribution in [0.5, 0.6) is 5.75 Å². The van der Waals surface area contributed by atoms with Crippen LogP contribution in [-0.2, 0) is 11.3 Å². The Morgan fingerprint density at radius 1 is 1.18 bits per heavy atom. The predicted octanol–water partition coefficient (Wildman–Crippen LogP) is 2.82. The Morgan fingerprint density at radius 2 is 1.82 bits per heavy atom. The molecule has 28 heavy (non-hydrogen) atoms. The van der Waals surface area contributed by atoms with E-state index in [9.17, 15) is 18.0 Å². The summed E-state index contributed by atoms with van der Waals surface area (Å²) in [4.78, 5) is 22.4. The third kappa shape index (κ3) is 5.91. The van der Waals surface area contributed by atoms with Gasteiger partial charge in [0.25, 0.3) is 0 Å². The van der Waals surface area contributed by atoms with Gasteiger partial charge in [0.05, 0.1) is 6.54 Å². The summed E-state index contributed by atoms with van der Waals surface area (Å²) in [5.41, 5.74) is 0.919. The SMILES string of the molecule is CN(C(=O)CN1CCN(Cc2ccc(OC(F)(F)F)cc2)CC1)c1nccs1. The van der Waals surface area contributed by atoms with Crippen LogP contribution >= 0.6 is 11.3 Å². The molecule has 152 valence electrons. The van der Waals surface area contributed by atoms with Crippen molar-refractivity contribution in [3.05, 3.63) is 41.4 Å². The molecule has 1 aliphatic heterocycles. The quantitative estimate of drug-likeness (QED) is 0.728. The summed E-state index contributed by atoms with van der Waals surface area (Å²) >= 11 is 1.42. The first-order chi connectivity index (χ1) is 13.3. The van der Waals surface area contributed by atoms with E-state index < -0.39 is 6.36 Å². The highest BCUT2D eigenvalue weighted by molar-refractivity contribution is 7.13. The maximum Gasteiger partial charge on any atom is 0.573 e. The molecular formula is C18H21F3N4O2S. The number of hydrogen-bond acceptors (Lipinski definition) is 6. The number of piperazine rings is 1. The van der Waals surface area contributed by atoms with Crippen LogP contribution in [0.3, 0.4) is 0 Å². The average Bonchev–Trinajstić information content (AvgIpc) is 3.18. The van der Waals surface area contributed by atoms with Gasteiger partial charge in [0.15, 0.2) is 5.13 Å². The number of ether oxygens (including phenoxy) is 1. The molecular weight excluding hydrogens is 393 g/mol. The number of alkyl halides is 3. The summed E-state index contributed by atoms with van der Waals surface area (Å²) in [7, 11) is 1.73. The van der Waals surface area contributed by atoms with Gasteiger partial charge in [-0.15, -0.1) is 24.5 Å². The van der Waals surface area contributed by atoms with Crippen LogP contribution in [0.2, 0.25) is 0 Å². The maximum absolute atomic E-state index is 12.4. The molecule has 3 rings (SSSR count). The smallest absolute Gasteiger partial charge is 0.406 e. The molecule has 0 saturated carbocycles. The lowest BCUT2D eigenvalue weighted by Gasteiger charge is -2.34. The van der Waals surface area contributed by atoms with Crippen LogP contribution < -0.4 is 9.64 Å². The number of rotatable bonds is 6. The molecule has 6 nitrogen and oxygen atoms in total. The highest BCUT2D eigenvalue weighted by Crippen LogP contribution is 2.23. The topological polar surface area (TPSA) is 48.9 Å². The van der Waals surface area contributed by atoms with Crippen LogP contribution in [-0.4, -0.2) is 66.8 Å². The summed E-state index contributed by atoms with van der Waals surface area (Å²) < 4.78 is 40.5. The van der Waals surface area contributed by atoms with E-state index in [1.54, 1.807) is 30.3 Å². The van der Waals surface area contributed by atoms with Gasteiger partial charge in [0.2, 0.25) is 5.91 Å². The van der Waals surface area contributed by atoms with Crippen molar-refractivity contribution in [1.82, 2.24) is 14.8 Å². The number of nitrogens with zero attached hydrogens (tertiary/aromatic N) is 4. The number of likely N-dealkylation sites (N-methyl/N-ethyl adjacent to an activating group) is 1. The van der Waals surface area contributed by atoms with Gasteiger partial charge in [-0.1, -0.05) is 12.1 Å². The lowest BCUT2D eigenvalue weighted by molar-refractivity contribution is -0.274. The average molecular weight is 414 g/mol. The minimum Gasteiger partial charge on any atom is -0.406 e. The molecule has 1 aromatic carbocycles.